The molecule has 2 aromatic rings. The third-order valence-electron chi connectivity index (χ3n) is 5.89. The largest absolute Gasteiger partial charge is 0.481 e. The molecule has 2 amide bonds. The molecule has 0 spiro atoms. The number of aliphatic carboxylic acids is 1. The number of amides is 2. The van der Waals surface area contributed by atoms with Crippen LogP contribution in [0.15, 0.2) is 48.5 Å². The number of ether oxygens (including phenoxy) is 1. The zero-order chi connectivity index (χ0) is 24.5. The van der Waals surface area contributed by atoms with Gasteiger partial charge in [0.2, 0.25) is 15.9 Å². The Morgan fingerprint density at radius 2 is 1.62 bits per heavy atom. The third-order valence-corrected chi connectivity index (χ3v) is 6.65. The number of benzene rings is 2. The van der Waals surface area contributed by atoms with Crippen molar-refractivity contribution in [2.24, 2.45) is 0 Å². The summed E-state index contributed by atoms with van der Waals surface area (Å²) in [4.78, 5) is 37.8. The Labute approximate surface area is 197 Å². The minimum absolute atomic E-state index is 0.0257. The summed E-state index contributed by atoms with van der Waals surface area (Å²) in [6, 6.07) is 13.9. The number of hydrogen-bond donors (Lipinski definition) is 3. The SMILES string of the molecule is CS(=O)(=O)NC1CN(C(=O)C(CC(=O)O)NC(=O)OCC2c3ccccc3-c3ccccc32)C1. The van der Waals surface area contributed by atoms with Crippen LogP contribution in [0.4, 0.5) is 4.79 Å². The number of likely N-dealkylation sites (tertiary alicyclic amines) is 1. The Kier molecular flexibility index (Phi) is 6.58. The van der Waals surface area contributed by atoms with Crippen molar-refractivity contribution in [2.75, 3.05) is 26.0 Å². The average molecular weight is 488 g/mol. The van der Waals surface area contributed by atoms with E-state index in [1.807, 2.05) is 48.5 Å². The lowest BCUT2D eigenvalue weighted by Gasteiger charge is -2.40. The van der Waals surface area contributed by atoms with Gasteiger partial charge in [0.25, 0.3) is 0 Å². The third kappa shape index (κ3) is 5.20. The van der Waals surface area contributed by atoms with Crippen molar-refractivity contribution in [1.82, 2.24) is 14.9 Å². The van der Waals surface area contributed by atoms with E-state index in [1.165, 1.54) is 4.90 Å². The molecule has 3 N–H and O–H groups in total. The molecule has 1 atom stereocenters. The summed E-state index contributed by atoms with van der Waals surface area (Å²) in [5.74, 6) is -2.05. The number of sulfonamides is 1. The topological polar surface area (TPSA) is 142 Å². The van der Waals surface area contributed by atoms with Gasteiger partial charge in [0.05, 0.1) is 18.7 Å². The van der Waals surface area contributed by atoms with Gasteiger partial charge in [-0.25, -0.2) is 17.9 Å². The minimum atomic E-state index is -3.42. The highest BCUT2D eigenvalue weighted by molar-refractivity contribution is 7.88. The Morgan fingerprint density at radius 3 is 2.15 bits per heavy atom. The lowest BCUT2D eigenvalue weighted by molar-refractivity contribution is -0.144. The molecule has 11 heteroatoms. The van der Waals surface area contributed by atoms with Gasteiger partial charge in [0.15, 0.2) is 0 Å². The molecule has 1 heterocycles. The molecule has 1 saturated heterocycles. The number of nitrogens with zero attached hydrogens (tertiary/aromatic N) is 1. The number of fused-ring (bicyclic) bond motifs is 3. The van der Waals surface area contributed by atoms with Gasteiger partial charge < -0.3 is 20.1 Å². The fraction of sp³-hybridized carbons (Fsp3) is 0.348. The van der Waals surface area contributed by atoms with Crippen LogP contribution in [0.3, 0.4) is 0 Å². The predicted octanol–water partition coefficient (Wildman–Crippen LogP) is 1.13. The van der Waals surface area contributed by atoms with Crippen LogP contribution in [-0.4, -0.2) is 74.4 Å². The number of hydrogen-bond acceptors (Lipinski definition) is 6. The molecule has 34 heavy (non-hydrogen) atoms. The van der Waals surface area contributed by atoms with Crippen LogP contribution < -0.4 is 10.0 Å². The molecule has 0 radical (unpaired) electrons. The monoisotopic (exact) mass is 487 g/mol. The summed E-state index contributed by atoms with van der Waals surface area (Å²) >= 11 is 0. The van der Waals surface area contributed by atoms with E-state index in [0.29, 0.717) is 0 Å². The Morgan fingerprint density at radius 1 is 1.06 bits per heavy atom. The van der Waals surface area contributed by atoms with Gasteiger partial charge in [-0.15, -0.1) is 0 Å². The predicted molar refractivity (Wildman–Crippen MR) is 123 cm³/mol. The maximum Gasteiger partial charge on any atom is 0.407 e. The van der Waals surface area contributed by atoms with Crippen molar-refractivity contribution in [3.05, 3.63) is 59.7 Å². The molecule has 0 saturated carbocycles. The van der Waals surface area contributed by atoms with Gasteiger partial charge in [-0.2, -0.15) is 0 Å². The van der Waals surface area contributed by atoms with Gasteiger partial charge in [0, 0.05) is 19.0 Å². The van der Waals surface area contributed by atoms with Crippen molar-refractivity contribution in [3.63, 3.8) is 0 Å². The summed E-state index contributed by atoms with van der Waals surface area (Å²) in [6.07, 6.45) is -0.500. The molecular weight excluding hydrogens is 462 g/mol. The second kappa shape index (κ2) is 9.43. The van der Waals surface area contributed by atoms with E-state index in [4.69, 9.17) is 4.74 Å². The van der Waals surface area contributed by atoms with Crippen molar-refractivity contribution >= 4 is 28.0 Å². The first-order valence-electron chi connectivity index (χ1n) is 10.7. The highest BCUT2D eigenvalue weighted by Gasteiger charge is 2.37. The average Bonchev–Trinajstić information content (AvgIpc) is 3.06. The van der Waals surface area contributed by atoms with Crippen LogP contribution in [0.25, 0.3) is 11.1 Å². The van der Waals surface area contributed by atoms with Crippen LogP contribution in [0.1, 0.15) is 23.5 Å². The summed E-state index contributed by atoms with van der Waals surface area (Å²) in [5.41, 5.74) is 4.20. The maximum absolute atomic E-state index is 12.7. The minimum Gasteiger partial charge on any atom is -0.481 e. The first-order valence-corrected chi connectivity index (χ1v) is 12.6. The molecule has 1 aliphatic carbocycles. The molecule has 1 aliphatic heterocycles. The summed E-state index contributed by atoms with van der Waals surface area (Å²) in [6.45, 7) is 0.209. The van der Waals surface area contributed by atoms with E-state index in [-0.39, 0.29) is 25.6 Å². The summed E-state index contributed by atoms with van der Waals surface area (Å²) in [7, 11) is -3.42. The molecule has 1 unspecified atom stereocenters. The van der Waals surface area contributed by atoms with Crippen LogP contribution in [0.2, 0.25) is 0 Å². The second-order valence-electron chi connectivity index (χ2n) is 8.45. The molecule has 0 aromatic heterocycles. The highest BCUT2D eigenvalue weighted by atomic mass is 32.2. The van der Waals surface area contributed by atoms with E-state index in [1.54, 1.807) is 0 Å². The lowest BCUT2D eigenvalue weighted by Crippen LogP contribution is -2.64. The van der Waals surface area contributed by atoms with Gasteiger partial charge in [-0.3, -0.25) is 9.59 Å². The van der Waals surface area contributed by atoms with E-state index in [0.717, 1.165) is 28.5 Å². The number of carbonyl (C=O) groups is 3. The van der Waals surface area contributed by atoms with Gasteiger partial charge in [0.1, 0.15) is 12.6 Å². The van der Waals surface area contributed by atoms with Gasteiger partial charge >= 0.3 is 12.1 Å². The van der Waals surface area contributed by atoms with Crippen molar-refractivity contribution in [1.29, 1.82) is 0 Å². The van der Waals surface area contributed by atoms with E-state index < -0.39 is 46.5 Å². The van der Waals surface area contributed by atoms with Crippen LogP contribution >= 0.6 is 0 Å². The quantitative estimate of drug-likeness (QED) is 0.507. The standard InChI is InChI=1S/C23H25N3O7S/c1-34(31,32)25-14-11-26(12-14)22(29)20(10-21(27)28)24-23(30)33-13-19-17-8-4-2-6-15(17)16-7-3-5-9-18(16)19/h2-9,14,19-20,25H,10-13H2,1H3,(H,24,30)(H,27,28). The molecule has 2 aliphatic rings. The number of alkyl carbamates (subject to hydrolysis) is 1. The number of carboxylic acids is 1. The molecule has 10 nitrogen and oxygen atoms in total. The molecule has 1 fully saturated rings. The van der Waals surface area contributed by atoms with Crippen molar-refractivity contribution in [2.45, 2.75) is 24.4 Å². The normalized spacial score (nSPS) is 16.2. The Bertz CT molecular complexity index is 1180. The van der Waals surface area contributed by atoms with Crippen molar-refractivity contribution in [3.8, 4) is 11.1 Å². The first-order chi connectivity index (χ1) is 16.1. The summed E-state index contributed by atoms with van der Waals surface area (Å²) < 4.78 is 30.4. The van der Waals surface area contributed by atoms with Crippen molar-refractivity contribution < 1.29 is 32.6 Å². The molecule has 4 rings (SSSR count). The maximum atomic E-state index is 12.7. The zero-order valence-corrected chi connectivity index (χ0v) is 19.2. The van der Waals surface area contributed by atoms with E-state index >= 15 is 0 Å². The Balaban J connectivity index is 1.38. The number of nitrogens with one attached hydrogen (secondary N) is 2. The number of carboxylic acid groups (broad SMARTS) is 1. The lowest BCUT2D eigenvalue weighted by atomic mass is 9.98. The van der Waals surface area contributed by atoms with Gasteiger partial charge in [-0.1, -0.05) is 48.5 Å². The molecular formula is C23H25N3O7S. The number of rotatable bonds is 8. The fourth-order valence-corrected chi connectivity index (χ4v) is 5.17. The molecule has 2 aromatic carbocycles. The smallest absolute Gasteiger partial charge is 0.407 e. The molecule has 0 bridgehead atoms. The Hall–Kier alpha value is -3.44. The van der Waals surface area contributed by atoms with Crippen LogP contribution in [0, 0.1) is 0 Å². The van der Waals surface area contributed by atoms with E-state index in [9.17, 15) is 27.9 Å². The van der Waals surface area contributed by atoms with Gasteiger partial charge in [-0.05, 0) is 22.3 Å². The second-order valence-corrected chi connectivity index (χ2v) is 10.2. The van der Waals surface area contributed by atoms with Crippen LogP contribution in [0.5, 0.6) is 0 Å². The zero-order valence-electron chi connectivity index (χ0n) is 18.4. The summed E-state index contributed by atoms with van der Waals surface area (Å²) in [5, 5.41) is 11.5. The fourth-order valence-electron chi connectivity index (χ4n) is 4.41. The molecule has 180 valence electrons. The van der Waals surface area contributed by atoms with Crippen LogP contribution in [-0.2, 0) is 24.3 Å². The first kappa shape index (κ1) is 23.7. The van der Waals surface area contributed by atoms with E-state index in [2.05, 4.69) is 10.0 Å². The number of carbonyl (C=O) groups excluding carboxylic acids is 2. The highest BCUT2D eigenvalue weighted by Crippen LogP contribution is 2.44.